The summed E-state index contributed by atoms with van der Waals surface area (Å²) in [5.74, 6) is 0.648. The Hall–Kier alpha value is -2.50. The molecule has 3 rings (SSSR count). The van der Waals surface area contributed by atoms with E-state index in [0.29, 0.717) is 25.8 Å². The minimum Gasteiger partial charge on any atom is -0.382 e. The molecule has 0 saturated carbocycles. The number of para-hydroxylation sites is 1. The van der Waals surface area contributed by atoms with Crippen molar-refractivity contribution in [3.05, 3.63) is 54.6 Å². The number of nitrogens with one attached hydrogen (secondary N) is 1. The molecule has 130 valence electrons. The SMILES string of the molecule is COCCOCCCNc1nc(-c2ccccc2)c2ccccc2n1. The van der Waals surface area contributed by atoms with Gasteiger partial charge in [0.25, 0.3) is 0 Å². The Labute approximate surface area is 148 Å². The molecule has 0 unspecified atom stereocenters. The molecule has 0 radical (unpaired) electrons. The van der Waals surface area contributed by atoms with E-state index in [1.54, 1.807) is 7.11 Å². The van der Waals surface area contributed by atoms with Crippen LogP contribution in [-0.2, 0) is 9.47 Å². The summed E-state index contributed by atoms with van der Waals surface area (Å²) in [7, 11) is 1.67. The monoisotopic (exact) mass is 337 g/mol. The van der Waals surface area contributed by atoms with Crippen LogP contribution in [0.2, 0.25) is 0 Å². The lowest BCUT2D eigenvalue weighted by molar-refractivity contribution is 0.0705. The quantitative estimate of drug-likeness (QED) is 0.603. The maximum absolute atomic E-state index is 5.47. The van der Waals surface area contributed by atoms with Gasteiger partial charge in [-0.1, -0.05) is 48.5 Å². The molecule has 3 aromatic rings. The summed E-state index contributed by atoms with van der Waals surface area (Å²) >= 11 is 0. The van der Waals surface area contributed by atoms with Gasteiger partial charge in [-0.2, -0.15) is 0 Å². The van der Waals surface area contributed by atoms with Gasteiger partial charge in [0.1, 0.15) is 0 Å². The van der Waals surface area contributed by atoms with Gasteiger partial charge in [0.2, 0.25) is 5.95 Å². The highest BCUT2D eigenvalue weighted by Crippen LogP contribution is 2.26. The minimum atomic E-state index is 0.626. The number of methoxy groups -OCH3 is 1. The van der Waals surface area contributed by atoms with Crippen molar-refractivity contribution in [3.8, 4) is 11.3 Å². The Morgan fingerprint density at radius 3 is 2.52 bits per heavy atom. The lowest BCUT2D eigenvalue weighted by Gasteiger charge is -2.10. The summed E-state index contributed by atoms with van der Waals surface area (Å²) in [6.07, 6.45) is 0.889. The Bertz CT molecular complexity index is 793. The molecule has 1 aromatic heterocycles. The molecule has 1 N–H and O–H groups in total. The number of nitrogens with zero attached hydrogens (tertiary/aromatic N) is 2. The van der Waals surface area contributed by atoms with Crippen LogP contribution in [0.3, 0.4) is 0 Å². The van der Waals surface area contributed by atoms with E-state index < -0.39 is 0 Å². The van der Waals surface area contributed by atoms with Gasteiger partial charge in [-0.3, -0.25) is 0 Å². The minimum absolute atomic E-state index is 0.626. The maximum atomic E-state index is 5.47. The van der Waals surface area contributed by atoms with E-state index in [0.717, 1.165) is 35.1 Å². The second kappa shape index (κ2) is 9.11. The molecule has 25 heavy (non-hydrogen) atoms. The largest absolute Gasteiger partial charge is 0.382 e. The van der Waals surface area contributed by atoms with Crippen LogP contribution in [-0.4, -0.2) is 43.4 Å². The lowest BCUT2D eigenvalue weighted by Crippen LogP contribution is -2.10. The summed E-state index contributed by atoms with van der Waals surface area (Å²) in [6.45, 7) is 2.71. The van der Waals surface area contributed by atoms with Crippen molar-refractivity contribution in [1.82, 2.24) is 9.97 Å². The molecule has 2 aromatic carbocycles. The molecule has 0 amide bonds. The molecule has 0 fully saturated rings. The molecule has 5 nitrogen and oxygen atoms in total. The van der Waals surface area contributed by atoms with Crippen LogP contribution in [0.5, 0.6) is 0 Å². The van der Waals surface area contributed by atoms with E-state index in [-0.39, 0.29) is 0 Å². The molecule has 0 aliphatic rings. The van der Waals surface area contributed by atoms with Crippen molar-refractivity contribution in [2.75, 3.05) is 38.8 Å². The zero-order chi connectivity index (χ0) is 17.3. The smallest absolute Gasteiger partial charge is 0.223 e. The van der Waals surface area contributed by atoms with Gasteiger partial charge in [-0.15, -0.1) is 0 Å². The van der Waals surface area contributed by atoms with E-state index in [9.17, 15) is 0 Å². The zero-order valence-electron chi connectivity index (χ0n) is 14.4. The first-order chi connectivity index (χ1) is 12.4. The highest BCUT2D eigenvalue weighted by molar-refractivity contribution is 5.93. The number of ether oxygens (including phenoxy) is 2. The van der Waals surface area contributed by atoms with Crippen LogP contribution in [0.1, 0.15) is 6.42 Å². The van der Waals surface area contributed by atoms with E-state index in [1.807, 2.05) is 36.4 Å². The molecule has 0 bridgehead atoms. The first-order valence-corrected chi connectivity index (χ1v) is 8.51. The predicted octanol–water partition coefficient (Wildman–Crippen LogP) is 3.76. The highest BCUT2D eigenvalue weighted by Gasteiger charge is 2.09. The first kappa shape index (κ1) is 17.3. The van der Waals surface area contributed by atoms with Crippen molar-refractivity contribution < 1.29 is 9.47 Å². The molecule has 0 aliphatic carbocycles. The number of aromatic nitrogens is 2. The third kappa shape index (κ3) is 4.75. The van der Waals surface area contributed by atoms with Crippen LogP contribution < -0.4 is 5.32 Å². The number of hydrogen-bond acceptors (Lipinski definition) is 5. The van der Waals surface area contributed by atoms with Gasteiger partial charge in [0.15, 0.2) is 0 Å². The van der Waals surface area contributed by atoms with E-state index in [4.69, 9.17) is 14.5 Å². The number of hydrogen-bond donors (Lipinski definition) is 1. The Kier molecular flexibility index (Phi) is 6.31. The molecule has 0 spiro atoms. The molecule has 0 aliphatic heterocycles. The topological polar surface area (TPSA) is 56.3 Å². The number of rotatable bonds is 9. The average molecular weight is 337 g/mol. The van der Waals surface area contributed by atoms with E-state index in [1.165, 1.54) is 0 Å². The number of benzene rings is 2. The zero-order valence-corrected chi connectivity index (χ0v) is 14.4. The standard InChI is InChI=1S/C20H23N3O2/c1-24-14-15-25-13-7-12-21-20-22-18-11-6-5-10-17(18)19(23-20)16-8-3-2-4-9-16/h2-6,8-11H,7,12-15H2,1H3,(H,21,22,23). The summed E-state index contributed by atoms with van der Waals surface area (Å²) in [6, 6.07) is 18.3. The van der Waals surface area contributed by atoms with Crippen molar-refractivity contribution in [2.45, 2.75) is 6.42 Å². The normalized spacial score (nSPS) is 10.9. The van der Waals surface area contributed by atoms with Crippen molar-refractivity contribution >= 4 is 16.9 Å². The Balaban J connectivity index is 1.71. The van der Waals surface area contributed by atoms with Gasteiger partial charge in [-0.05, 0) is 12.5 Å². The van der Waals surface area contributed by atoms with Crippen molar-refractivity contribution in [2.24, 2.45) is 0 Å². The van der Waals surface area contributed by atoms with Gasteiger partial charge < -0.3 is 14.8 Å². The fraction of sp³-hybridized carbons (Fsp3) is 0.300. The number of anilines is 1. The summed E-state index contributed by atoms with van der Waals surface area (Å²) in [5, 5.41) is 4.36. The maximum Gasteiger partial charge on any atom is 0.223 e. The fourth-order valence-electron chi connectivity index (χ4n) is 2.59. The van der Waals surface area contributed by atoms with E-state index >= 15 is 0 Å². The highest BCUT2D eigenvalue weighted by atomic mass is 16.5. The predicted molar refractivity (Wildman–Crippen MR) is 101 cm³/mol. The summed E-state index contributed by atoms with van der Waals surface area (Å²) in [4.78, 5) is 9.36. The molecular formula is C20H23N3O2. The molecular weight excluding hydrogens is 314 g/mol. The lowest BCUT2D eigenvalue weighted by atomic mass is 10.1. The van der Waals surface area contributed by atoms with Gasteiger partial charge in [0.05, 0.1) is 24.4 Å². The number of fused-ring (bicyclic) bond motifs is 1. The van der Waals surface area contributed by atoms with Crippen LogP contribution >= 0.6 is 0 Å². The Morgan fingerprint density at radius 2 is 1.68 bits per heavy atom. The molecule has 5 heteroatoms. The molecule has 0 saturated heterocycles. The van der Waals surface area contributed by atoms with E-state index in [2.05, 4.69) is 28.5 Å². The van der Waals surface area contributed by atoms with Gasteiger partial charge in [-0.25, -0.2) is 9.97 Å². The molecule has 0 atom stereocenters. The van der Waals surface area contributed by atoms with Crippen LogP contribution in [0.4, 0.5) is 5.95 Å². The van der Waals surface area contributed by atoms with Crippen LogP contribution in [0, 0.1) is 0 Å². The van der Waals surface area contributed by atoms with Gasteiger partial charge >= 0.3 is 0 Å². The van der Waals surface area contributed by atoms with Crippen molar-refractivity contribution in [3.63, 3.8) is 0 Å². The molecule has 1 heterocycles. The van der Waals surface area contributed by atoms with Gasteiger partial charge in [0, 0.05) is 31.2 Å². The summed E-state index contributed by atoms with van der Waals surface area (Å²) < 4.78 is 10.4. The second-order valence-corrected chi connectivity index (χ2v) is 5.66. The van der Waals surface area contributed by atoms with Crippen LogP contribution in [0.25, 0.3) is 22.2 Å². The third-order valence-corrected chi connectivity index (χ3v) is 3.83. The average Bonchev–Trinajstić information content (AvgIpc) is 2.67. The second-order valence-electron chi connectivity index (χ2n) is 5.66. The van der Waals surface area contributed by atoms with Crippen molar-refractivity contribution in [1.29, 1.82) is 0 Å². The third-order valence-electron chi connectivity index (χ3n) is 3.83. The summed E-state index contributed by atoms with van der Waals surface area (Å²) in [5.41, 5.74) is 2.98. The Morgan fingerprint density at radius 1 is 0.880 bits per heavy atom. The fourth-order valence-corrected chi connectivity index (χ4v) is 2.59. The van der Waals surface area contributed by atoms with Crippen LogP contribution in [0.15, 0.2) is 54.6 Å². The first-order valence-electron chi connectivity index (χ1n) is 8.51.